The summed E-state index contributed by atoms with van der Waals surface area (Å²) < 4.78 is 5.45. The van der Waals surface area contributed by atoms with E-state index in [2.05, 4.69) is 10.4 Å². The van der Waals surface area contributed by atoms with Gasteiger partial charge in [0, 0.05) is 18.9 Å². The van der Waals surface area contributed by atoms with E-state index in [9.17, 15) is 0 Å². The van der Waals surface area contributed by atoms with Crippen LogP contribution in [-0.4, -0.2) is 18.2 Å². The molecule has 0 fully saturated rings. The zero-order valence-corrected chi connectivity index (χ0v) is 11.0. The van der Waals surface area contributed by atoms with Crippen LogP contribution in [0.25, 0.3) is 0 Å². The maximum absolute atomic E-state index is 5.92. The molecule has 6 heteroatoms. The molecule has 96 valence electrons. The predicted molar refractivity (Wildman–Crippen MR) is 69.4 cm³/mol. The van der Waals surface area contributed by atoms with Gasteiger partial charge in [0.15, 0.2) is 0 Å². The van der Waals surface area contributed by atoms with Crippen molar-refractivity contribution in [3.63, 3.8) is 0 Å². The van der Waals surface area contributed by atoms with Gasteiger partial charge >= 0.3 is 0 Å². The molecule has 0 aliphatic heterocycles. The maximum atomic E-state index is 5.92. The highest BCUT2D eigenvalue weighted by molar-refractivity contribution is 6.30. The molecule has 0 amide bonds. The van der Waals surface area contributed by atoms with Crippen molar-refractivity contribution in [3.05, 3.63) is 22.8 Å². The van der Waals surface area contributed by atoms with E-state index in [1.807, 2.05) is 13.8 Å². The van der Waals surface area contributed by atoms with Crippen LogP contribution in [0.5, 0.6) is 0 Å². The standard InChI is InChI=1S/C11H19ClN4O/c1-6(2)10(17-3)9(16-14)8-4-7(12)5-15-11(8)13/h4-6,9-10,16H,14H2,1-3H3,(H2,13,15). The van der Waals surface area contributed by atoms with Crippen molar-refractivity contribution in [1.29, 1.82) is 0 Å². The SMILES string of the molecule is COC(C(C)C)C(NN)c1cc(Cl)cnc1N. The van der Waals surface area contributed by atoms with Crippen LogP contribution in [0.4, 0.5) is 5.82 Å². The minimum atomic E-state index is -0.244. The lowest BCUT2D eigenvalue weighted by molar-refractivity contribution is 0.0327. The first kappa shape index (κ1) is 14.2. The first-order valence-electron chi connectivity index (χ1n) is 5.41. The molecule has 2 unspecified atom stereocenters. The van der Waals surface area contributed by atoms with E-state index in [-0.39, 0.29) is 18.1 Å². The lowest BCUT2D eigenvalue weighted by Crippen LogP contribution is -2.40. The molecule has 0 aliphatic carbocycles. The monoisotopic (exact) mass is 258 g/mol. The number of ether oxygens (including phenoxy) is 1. The summed E-state index contributed by atoms with van der Waals surface area (Å²) in [6.07, 6.45) is 1.40. The summed E-state index contributed by atoms with van der Waals surface area (Å²) in [6, 6.07) is 1.51. The van der Waals surface area contributed by atoms with Gasteiger partial charge in [-0.15, -0.1) is 0 Å². The van der Waals surface area contributed by atoms with Gasteiger partial charge in [0.25, 0.3) is 0 Å². The predicted octanol–water partition coefficient (Wildman–Crippen LogP) is 1.49. The molecule has 2 atom stereocenters. The number of nitrogen functional groups attached to an aromatic ring is 1. The first-order valence-corrected chi connectivity index (χ1v) is 5.78. The number of nitrogens with zero attached hydrogens (tertiary/aromatic N) is 1. The van der Waals surface area contributed by atoms with Crippen molar-refractivity contribution in [3.8, 4) is 0 Å². The van der Waals surface area contributed by atoms with Crippen molar-refractivity contribution >= 4 is 17.4 Å². The Bertz CT molecular complexity index is 372. The van der Waals surface area contributed by atoms with Gasteiger partial charge in [0.2, 0.25) is 0 Å². The number of hydrazine groups is 1. The average molecular weight is 259 g/mol. The zero-order chi connectivity index (χ0) is 13.0. The number of nitrogens with two attached hydrogens (primary N) is 2. The number of rotatable bonds is 5. The highest BCUT2D eigenvalue weighted by Gasteiger charge is 2.27. The summed E-state index contributed by atoms with van der Waals surface area (Å²) in [6.45, 7) is 4.10. The van der Waals surface area contributed by atoms with Crippen LogP contribution in [-0.2, 0) is 4.74 Å². The summed E-state index contributed by atoms with van der Waals surface area (Å²) >= 11 is 5.92. The quantitative estimate of drug-likeness (QED) is 0.550. The van der Waals surface area contributed by atoms with Gasteiger partial charge in [-0.3, -0.25) is 11.3 Å². The molecular weight excluding hydrogens is 240 g/mol. The van der Waals surface area contributed by atoms with Gasteiger partial charge in [-0.2, -0.15) is 0 Å². The van der Waals surface area contributed by atoms with Gasteiger partial charge in [0.05, 0.1) is 17.2 Å². The third-order valence-corrected chi connectivity index (χ3v) is 2.90. The second kappa shape index (κ2) is 6.16. The third-order valence-electron chi connectivity index (χ3n) is 2.69. The van der Waals surface area contributed by atoms with Crippen LogP contribution in [0.2, 0.25) is 5.02 Å². The third kappa shape index (κ3) is 3.29. The van der Waals surface area contributed by atoms with E-state index in [1.165, 1.54) is 6.20 Å². The van der Waals surface area contributed by atoms with E-state index in [1.54, 1.807) is 13.2 Å². The van der Waals surface area contributed by atoms with Crippen LogP contribution in [0, 0.1) is 5.92 Å². The Balaban J connectivity index is 3.11. The van der Waals surface area contributed by atoms with Gasteiger partial charge in [-0.1, -0.05) is 25.4 Å². The van der Waals surface area contributed by atoms with E-state index in [4.69, 9.17) is 27.9 Å². The number of halogens is 1. The smallest absolute Gasteiger partial charge is 0.128 e. The van der Waals surface area contributed by atoms with Crippen molar-refractivity contribution in [2.45, 2.75) is 26.0 Å². The van der Waals surface area contributed by atoms with Gasteiger partial charge in [-0.05, 0) is 12.0 Å². The molecular formula is C11H19ClN4O. The number of hydrogen-bond acceptors (Lipinski definition) is 5. The number of nitrogens with one attached hydrogen (secondary N) is 1. The number of anilines is 1. The fourth-order valence-electron chi connectivity index (χ4n) is 1.87. The molecule has 17 heavy (non-hydrogen) atoms. The number of pyridine rings is 1. The molecule has 0 saturated heterocycles. The molecule has 1 aromatic heterocycles. The van der Waals surface area contributed by atoms with Crippen molar-refractivity contribution in [1.82, 2.24) is 10.4 Å². The largest absolute Gasteiger partial charge is 0.383 e. The van der Waals surface area contributed by atoms with Crippen LogP contribution < -0.4 is 17.0 Å². The topological polar surface area (TPSA) is 86.2 Å². The van der Waals surface area contributed by atoms with Crippen molar-refractivity contribution in [2.24, 2.45) is 11.8 Å². The number of methoxy groups -OCH3 is 1. The van der Waals surface area contributed by atoms with Crippen LogP contribution in [0.3, 0.4) is 0 Å². The Morgan fingerprint density at radius 1 is 1.47 bits per heavy atom. The Kier molecular flexibility index (Phi) is 5.14. The highest BCUT2D eigenvalue weighted by Crippen LogP contribution is 2.28. The Labute approximate surface area is 106 Å². The molecule has 0 aromatic carbocycles. The van der Waals surface area contributed by atoms with Crippen LogP contribution in [0.15, 0.2) is 12.3 Å². The summed E-state index contributed by atoms with van der Waals surface area (Å²) in [7, 11) is 1.64. The van der Waals surface area contributed by atoms with E-state index in [0.717, 1.165) is 5.56 Å². The molecule has 1 heterocycles. The number of aromatic nitrogens is 1. The van der Waals surface area contributed by atoms with Crippen molar-refractivity contribution in [2.75, 3.05) is 12.8 Å². The van der Waals surface area contributed by atoms with E-state index in [0.29, 0.717) is 10.8 Å². The summed E-state index contributed by atoms with van der Waals surface area (Å²) in [5.41, 5.74) is 9.30. The van der Waals surface area contributed by atoms with Crippen LogP contribution >= 0.6 is 11.6 Å². The average Bonchev–Trinajstić information content (AvgIpc) is 2.28. The molecule has 1 aromatic rings. The fraction of sp³-hybridized carbons (Fsp3) is 0.545. The van der Waals surface area contributed by atoms with Crippen molar-refractivity contribution < 1.29 is 4.74 Å². The molecule has 5 N–H and O–H groups in total. The first-order chi connectivity index (χ1) is 8.01. The summed E-state index contributed by atoms with van der Waals surface area (Å²) in [4.78, 5) is 4.02. The summed E-state index contributed by atoms with van der Waals surface area (Å²) in [5.74, 6) is 6.26. The minimum Gasteiger partial charge on any atom is -0.383 e. The number of hydrogen-bond donors (Lipinski definition) is 3. The molecule has 1 rings (SSSR count). The molecule has 0 aliphatic rings. The lowest BCUT2D eigenvalue weighted by atomic mass is 9.94. The van der Waals surface area contributed by atoms with Crippen LogP contribution in [0.1, 0.15) is 25.5 Å². The molecule has 0 spiro atoms. The zero-order valence-electron chi connectivity index (χ0n) is 10.3. The molecule has 0 saturated carbocycles. The van der Waals surface area contributed by atoms with E-state index < -0.39 is 0 Å². The second-order valence-electron chi connectivity index (χ2n) is 4.22. The molecule has 5 nitrogen and oxygen atoms in total. The highest BCUT2D eigenvalue weighted by atomic mass is 35.5. The van der Waals surface area contributed by atoms with E-state index >= 15 is 0 Å². The lowest BCUT2D eigenvalue weighted by Gasteiger charge is -2.29. The second-order valence-corrected chi connectivity index (χ2v) is 4.65. The normalized spacial score (nSPS) is 14.9. The Morgan fingerprint density at radius 2 is 2.12 bits per heavy atom. The fourth-order valence-corrected chi connectivity index (χ4v) is 2.04. The van der Waals surface area contributed by atoms with Gasteiger partial charge in [-0.25, -0.2) is 4.98 Å². The Hall–Kier alpha value is -0.880. The maximum Gasteiger partial charge on any atom is 0.128 e. The molecule has 0 bridgehead atoms. The molecule has 0 radical (unpaired) electrons. The Morgan fingerprint density at radius 3 is 2.59 bits per heavy atom. The minimum absolute atomic E-state index is 0.109. The van der Waals surface area contributed by atoms with Gasteiger partial charge < -0.3 is 10.5 Å². The summed E-state index contributed by atoms with van der Waals surface area (Å²) in [5, 5.41) is 0.521. The van der Waals surface area contributed by atoms with Gasteiger partial charge in [0.1, 0.15) is 5.82 Å².